The van der Waals surface area contributed by atoms with Gasteiger partial charge >= 0.3 is 0 Å². The number of aryl methyl sites for hydroxylation is 1. The van der Waals surface area contributed by atoms with Crippen LogP contribution in [0.4, 0.5) is 0 Å². The molecule has 2 aromatic rings. The second-order valence-corrected chi connectivity index (χ2v) is 4.43. The molecule has 0 radical (unpaired) electrons. The van der Waals surface area contributed by atoms with E-state index < -0.39 is 0 Å². The molecule has 1 aromatic carbocycles. The zero-order chi connectivity index (χ0) is 13.0. The number of hydrogen-bond donors (Lipinski definition) is 0. The monoisotopic (exact) mass is 243 g/mol. The number of rotatable bonds is 4. The number of furan rings is 1. The van der Waals surface area contributed by atoms with Crippen LogP contribution in [0.3, 0.4) is 0 Å². The molecule has 1 amide bonds. The van der Waals surface area contributed by atoms with Crippen LogP contribution in [0.25, 0.3) is 0 Å². The van der Waals surface area contributed by atoms with Crippen molar-refractivity contribution in [2.24, 2.45) is 0 Å². The minimum absolute atomic E-state index is 0.0465. The van der Waals surface area contributed by atoms with Crippen molar-refractivity contribution in [1.82, 2.24) is 4.90 Å². The highest BCUT2D eigenvalue weighted by Gasteiger charge is 2.11. The van der Waals surface area contributed by atoms with Crippen molar-refractivity contribution in [2.75, 3.05) is 13.6 Å². The highest BCUT2D eigenvalue weighted by Crippen LogP contribution is 2.08. The van der Waals surface area contributed by atoms with Gasteiger partial charge in [-0.05, 0) is 31.2 Å². The molecule has 0 spiro atoms. The van der Waals surface area contributed by atoms with E-state index >= 15 is 0 Å². The van der Waals surface area contributed by atoms with Gasteiger partial charge in [0, 0.05) is 25.6 Å². The summed E-state index contributed by atoms with van der Waals surface area (Å²) in [5, 5.41) is 0. The summed E-state index contributed by atoms with van der Waals surface area (Å²) >= 11 is 0. The molecule has 3 nitrogen and oxygen atoms in total. The first-order chi connectivity index (χ1) is 8.66. The zero-order valence-electron chi connectivity index (χ0n) is 10.7. The van der Waals surface area contributed by atoms with E-state index in [1.54, 1.807) is 11.2 Å². The van der Waals surface area contributed by atoms with E-state index in [-0.39, 0.29) is 5.91 Å². The first-order valence-electron chi connectivity index (χ1n) is 6.01. The van der Waals surface area contributed by atoms with E-state index in [0.717, 1.165) is 23.3 Å². The SMILES string of the molecule is Cc1cccc(C(=O)N(C)CCc2ccco2)c1. The average Bonchev–Trinajstić information content (AvgIpc) is 2.88. The van der Waals surface area contributed by atoms with Crippen molar-refractivity contribution in [3.8, 4) is 0 Å². The normalized spacial score (nSPS) is 10.3. The van der Waals surface area contributed by atoms with Crippen LogP contribution in [0.5, 0.6) is 0 Å². The van der Waals surface area contributed by atoms with Gasteiger partial charge in [-0.15, -0.1) is 0 Å². The molecule has 3 heteroatoms. The first kappa shape index (κ1) is 12.4. The number of benzene rings is 1. The van der Waals surface area contributed by atoms with Gasteiger partial charge in [-0.3, -0.25) is 4.79 Å². The van der Waals surface area contributed by atoms with Gasteiger partial charge in [-0.2, -0.15) is 0 Å². The minimum Gasteiger partial charge on any atom is -0.469 e. The molecule has 2 rings (SSSR count). The number of carbonyl (C=O) groups excluding carboxylic acids is 1. The molecule has 0 fully saturated rings. The molecule has 0 aliphatic rings. The second kappa shape index (κ2) is 5.54. The maximum atomic E-state index is 12.2. The lowest BCUT2D eigenvalue weighted by Crippen LogP contribution is -2.28. The molecule has 1 aromatic heterocycles. The summed E-state index contributed by atoms with van der Waals surface area (Å²) in [4.78, 5) is 13.9. The van der Waals surface area contributed by atoms with Crippen molar-refractivity contribution >= 4 is 5.91 Å². The second-order valence-electron chi connectivity index (χ2n) is 4.43. The Labute approximate surface area is 107 Å². The Kier molecular flexibility index (Phi) is 3.82. The quantitative estimate of drug-likeness (QED) is 0.827. The van der Waals surface area contributed by atoms with E-state index in [1.165, 1.54) is 0 Å². The Morgan fingerprint density at radius 3 is 2.78 bits per heavy atom. The molecule has 1 heterocycles. The van der Waals surface area contributed by atoms with Gasteiger partial charge in [0.1, 0.15) is 5.76 Å². The minimum atomic E-state index is 0.0465. The topological polar surface area (TPSA) is 33.5 Å². The smallest absolute Gasteiger partial charge is 0.253 e. The Morgan fingerprint density at radius 1 is 1.28 bits per heavy atom. The summed E-state index contributed by atoms with van der Waals surface area (Å²) in [7, 11) is 1.81. The molecule has 0 saturated carbocycles. The molecule has 0 bridgehead atoms. The molecular weight excluding hydrogens is 226 g/mol. The summed E-state index contributed by atoms with van der Waals surface area (Å²) in [5.41, 5.74) is 1.83. The van der Waals surface area contributed by atoms with Gasteiger partial charge in [0.05, 0.1) is 6.26 Å². The van der Waals surface area contributed by atoms with Crippen LogP contribution in [-0.4, -0.2) is 24.4 Å². The van der Waals surface area contributed by atoms with E-state index in [2.05, 4.69) is 0 Å². The van der Waals surface area contributed by atoms with E-state index in [1.807, 2.05) is 50.4 Å². The fourth-order valence-corrected chi connectivity index (χ4v) is 1.83. The van der Waals surface area contributed by atoms with Gasteiger partial charge in [0.2, 0.25) is 0 Å². The van der Waals surface area contributed by atoms with Crippen LogP contribution in [0.2, 0.25) is 0 Å². The lowest BCUT2D eigenvalue weighted by molar-refractivity contribution is 0.0795. The molecule has 0 N–H and O–H groups in total. The highest BCUT2D eigenvalue weighted by molar-refractivity contribution is 5.94. The maximum absolute atomic E-state index is 12.2. The van der Waals surface area contributed by atoms with Crippen LogP contribution in [0.15, 0.2) is 47.1 Å². The number of nitrogens with zero attached hydrogens (tertiary/aromatic N) is 1. The standard InChI is InChI=1S/C15H17NO2/c1-12-5-3-6-13(11-12)15(17)16(2)9-8-14-7-4-10-18-14/h3-7,10-11H,8-9H2,1-2H3. The fourth-order valence-electron chi connectivity index (χ4n) is 1.83. The van der Waals surface area contributed by atoms with Crippen molar-refractivity contribution in [2.45, 2.75) is 13.3 Å². The Bertz CT molecular complexity index is 517. The molecule has 0 atom stereocenters. The molecule has 18 heavy (non-hydrogen) atoms. The molecule has 0 saturated heterocycles. The number of hydrogen-bond acceptors (Lipinski definition) is 2. The van der Waals surface area contributed by atoms with E-state index in [9.17, 15) is 4.79 Å². The van der Waals surface area contributed by atoms with Crippen LogP contribution >= 0.6 is 0 Å². The summed E-state index contributed by atoms with van der Waals surface area (Å²) in [5.74, 6) is 0.948. The predicted octanol–water partition coefficient (Wildman–Crippen LogP) is 2.90. The number of amides is 1. The number of carbonyl (C=O) groups is 1. The predicted molar refractivity (Wildman–Crippen MR) is 70.6 cm³/mol. The largest absolute Gasteiger partial charge is 0.469 e. The average molecular weight is 243 g/mol. The lowest BCUT2D eigenvalue weighted by atomic mass is 10.1. The van der Waals surface area contributed by atoms with Crippen molar-refractivity contribution in [3.63, 3.8) is 0 Å². The summed E-state index contributed by atoms with van der Waals surface area (Å²) in [6, 6.07) is 11.4. The zero-order valence-corrected chi connectivity index (χ0v) is 10.7. The third-order valence-electron chi connectivity index (χ3n) is 2.89. The fraction of sp³-hybridized carbons (Fsp3) is 0.267. The lowest BCUT2D eigenvalue weighted by Gasteiger charge is -2.16. The van der Waals surface area contributed by atoms with Gasteiger partial charge in [0.25, 0.3) is 5.91 Å². The van der Waals surface area contributed by atoms with Gasteiger partial charge in [0.15, 0.2) is 0 Å². The molecule has 0 aliphatic carbocycles. The van der Waals surface area contributed by atoms with E-state index in [0.29, 0.717) is 6.54 Å². The summed E-state index contributed by atoms with van der Waals surface area (Å²) in [6.45, 7) is 2.64. The van der Waals surface area contributed by atoms with Gasteiger partial charge < -0.3 is 9.32 Å². The molecule has 94 valence electrons. The molecular formula is C15H17NO2. The van der Waals surface area contributed by atoms with Crippen molar-refractivity contribution in [1.29, 1.82) is 0 Å². The van der Waals surface area contributed by atoms with Gasteiger partial charge in [-0.1, -0.05) is 17.7 Å². The van der Waals surface area contributed by atoms with Crippen LogP contribution in [-0.2, 0) is 6.42 Å². The number of likely N-dealkylation sites (N-methyl/N-ethyl adjacent to an activating group) is 1. The summed E-state index contributed by atoms with van der Waals surface area (Å²) < 4.78 is 5.25. The van der Waals surface area contributed by atoms with Crippen LogP contribution < -0.4 is 0 Å². The highest BCUT2D eigenvalue weighted by atomic mass is 16.3. The molecule has 0 aliphatic heterocycles. The van der Waals surface area contributed by atoms with Crippen LogP contribution in [0.1, 0.15) is 21.7 Å². The van der Waals surface area contributed by atoms with E-state index in [4.69, 9.17) is 4.42 Å². The Morgan fingerprint density at radius 2 is 2.11 bits per heavy atom. The first-order valence-corrected chi connectivity index (χ1v) is 6.01. The Hall–Kier alpha value is -2.03. The van der Waals surface area contributed by atoms with Crippen LogP contribution in [0, 0.1) is 6.92 Å². The third kappa shape index (κ3) is 3.00. The summed E-state index contributed by atoms with van der Waals surface area (Å²) in [6.07, 6.45) is 2.39. The van der Waals surface area contributed by atoms with Gasteiger partial charge in [-0.25, -0.2) is 0 Å². The van der Waals surface area contributed by atoms with Crippen molar-refractivity contribution < 1.29 is 9.21 Å². The third-order valence-corrected chi connectivity index (χ3v) is 2.89. The molecule has 0 unspecified atom stereocenters. The van der Waals surface area contributed by atoms with Crippen molar-refractivity contribution in [3.05, 3.63) is 59.5 Å². The maximum Gasteiger partial charge on any atom is 0.253 e. The Balaban J connectivity index is 1.96.